The van der Waals surface area contributed by atoms with Crippen LogP contribution in [0.3, 0.4) is 0 Å². The van der Waals surface area contributed by atoms with Gasteiger partial charge in [-0.05, 0) is 49.6 Å². The van der Waals surface area contributed by atoms with Gasteiger partial charge in [-0.2, -0.15) is 4.57 Å². The average Bonchev–Trinajstić information content (AvgIpc) is 2.72. The van der Waals surface area contributed by atoms with Crippen molar-refractivity contribution in [1.29, 1.82) is 0 Å². The highest BCUT2D eigenvalue weighted by Gasteiger charge is 2.43. The fraction of sp³-hybridized carbons (Fsp3) is 0.208. The summed E-state index contributed by atoms with van der Waals surface area (Å²) in [5.74, 6) is -0.433. The second kappa shape index (κ2) is 7.92. The lowest BCUT2D eigenvalue weighted by atomic mass is 10.0. The number of nitrogens with zero attached hydrogens (tertiary/aromatic N) is 2. The fourth-order valence-corrected chi connectivity index (χ4v) is 4.03. The molecule has 1 unspecified atom stereocenters. The van der Waals surface area contributed by atoms with Crippen LogP contribution in [-0.2, 0) is 16.1 Å². The van der Waals surface area contributed by atoms with Crippen molar-refractivity contribution in [3.8, 4) is 0 Å². The minimum absolute atomic E-state index is 0.162. The summed E-state index contributed by atoms with van der Waals surface area (Å²) in [5.41, 5.74) is 4.97. The number of halogens is 1. The van der Waals surface area contributed by atoms with E-state index in [0.29, 0.717) is 10.7 Å². The molecule has 0 fully saturated rings. The lowest BCUT2D eigenvalue weighted by Gasteiger charge is -2.32. The van der Waals surface area contributed by atoms with Gasteiger partial charge >= 0.3 is 0 Å². The lowest BCUT2D eigenvalue weighted by Crippen LogP contribution is -2.58. The smallest absolute Gasteiger partial charge is 0.294 e. The number of rotatable bonds is 3. The molecular formula is C24H23ClN3O2+. The molecule has 0 bridgehead atoms. The van der Waals surface area contributed by atoms with Crippen molar-refractivity contribution >= 4 is 34.8 Å². The summed E-state index contributed by atoms with van der Waals surface area (Å²) in [4.78, 5) is 28.2. The Morgan fingerprint density at radius 3 is 2.47 bits per heavy atom. The SMILES string of the molecule is Cc1ccc(N2C(=O)C[n+]3ccccc3C2C(=O)Nc2c(C)cccc2C)cc1Cl. The van der Waals surface area contributed by atoms with Crippen molar-refractivity contribution in [2.75, 3.05) is 10.2 Å². The maximum absolute atomic E-state index is 13.6. The molecule has 3 aromatic rings. The van der Waals surface area contributed by atoms with Crippen LogP contribution in [0.25, 0.3) is 0 Å². The molecule has 1 aromatic heterocycles. The molecular weight excluding hydrogens is 398 g/mol. The number of aromatic nitrogens is 1. The predicted octanol–water partition coefficient (Wildman–Crippen LogP) is 4.28. The van der Waals surface area contributed by atoms with Gasteiger partial charge in [-0.3, -0.25) is 14.5 Å². The van der Waals surface area contributed by atoms with Gasteiger partial charge in [0.05, 0.1) is 0 Å². The van der Waals surface area contributed by atoms with Gasteiger partial charge in [0, 0.05) is 28.5 Å². The van der Waals surface area contributed by atoms with E-state index in [9.17, 15) is 9.59 Å². The number of nitrogens with one attached hydrogen (secondary N) is 1. The molecule has 6 heteroatoms. The summed E-state index contributed by atoms with van der Waals surface area (Å²) in [7, 11) is 0. The van der Waals surface area contributed by atoms with Crippen molar-refractivity contribution in [3.63, 3.8) is 0 Å². The summed E-state index contributed by atoms with van der Waals surface area (Å²) in [5, 5.41) is 3.61. The Morgan fingerprint density at radius 1 is 1.03 bits per heavy atom. The number of pyridine rings is 1. The van der Waals surface area contributed by atoms with Gasteiger partial charge < -0.3 is 5.32 Å². The highest BCUT2D eigenvalue weighted by molar-refractivity contribution is 6.31. The Kier molecular flexibility index (Phi) is 5.31. The van der Waals surface area contributed by atoms with E-state index in [0.717, 1.165) is 28.1 Å². The molecule has 1 aliphatic rings. The zero-order valence-electron chi connectivity index (χ0n) is 17.1. The fourth-order valence-electron chi connectivity index (χ4n) is 3.86. The molecule has 0 saturated carbocycles. The first-order chi connectivity index (χ1) is 14.4. The van der Waals surface area contributed by atoms with Crippen LogP contribution in [0.15, 0.2) is 60.8 Å². The molecule has 0 spiro atoms. The molecule has 1 N–H and O–H groups in total. The number of carbonyl (C=O) groups excluding carboxylic acids is 2. The normalized spacial score (nSPS) is 15.7. The van der Waals surface area contributed by atoms with Crippen LogP contribution < -0.4 is 14.8 Å². The number of fused-ring (bicyclic) bond motifs is 1. The van der Waals surface area contributed by atoms with E-state index in [4.69, 9.17) is 11.6 Å². The van der Waals surface area contributed by atoms with Crippen molar-refractivity contribution in [2.24, 2.45) is 0 Å². The predicted molar refractivity (Wildman–Crippen MR) is 118 cm³/mol. The van der Waals surface area contributed by atoms with E-state index < -0.39 is 6.04 Å². The van der Waals surface area contributed by atoms with Crippen LogP contribution in [0.1, 0.15) is 28.4 Å². The Balaban J connectivity index is 1.81. The van der Waals surface area contributed by atoms with E-state index >= 15 is 0 Å². The number of hydrogen-bond acceptors (Lipinski definition) is 2. The number of para-hydroxylation sites is 1. The first kappa shape index (κ1) is 20.1. The third-order valence-corrected chi connectivity index (χ3v) is 5.91. The van der Waals surface area contributed by atoms with Gasteiger partial charge in [0.15, 0.2) is 6.20 Å². The van der Waals surface area contributed by atoms with Crippen molar-refractivity contribution in [1.82, 2.24) is 0 Å². The Labute approximate surface area is 180 Å². The van der Waals surface area contributed by atoms with Crippen LogP contribution in [0, 0.1) is 20.8 Å². The zero-order chi connectivity index (χ0) is 21.4. The maximum Gasteiger partial charge on any atom is 0.294 e. The molecule has 4 rings (SSSR count). The van der Waals surface area contributed by atoms with E-state index in [1.807, 2.05) is 80.1 Å². The topological polar surface area (TPSA) is 53.3 Å². The van der Waals surface area contributed by atoms with E-state index in [1.54, 1.807) is 11.0 Å². The summed E-state index contributed by atoms with van der Waals surface area (Å²) in [6, 6.07) is 16.1. The molecule has 2 amide bonds. The molecule has 30 heavy (non-hydrogen) atoms. The number of benzene rings is 2. The van der Waals surface area contributed by atoms with Gasteiger partial charge in [0.2, 0.25) is 18.3 Å². The Morgan fingerprint density at radius 2 is 1.77 bits per heavy atom. The molecule has 1 aliphatic heterocycles. The van der Waals surface area contributed by atoms with E-state index in [2.05, 4.69) is 5.32 Å². The van der Waals surface area contributed by atoms with Crippen molar-refractivity contribution in [2.45, 2.75) is 33.4 Å². The summed E-state index contributed by atoms with van der Waals surface area (Å²) in [6.07, 6.45) is 1.83. The molecule has 1 atom stereocenters. The minimum Gasteiger partial charge on any atom is -0.323 e. The number of hydrogen-bond donors (Lipinski definition) is 1. The molecule has 0 aliphatic carbocycles. The Hall–Kier alpha value is -3.18. The van der Waals surface area contributed by atoms with Gasteiger partial charge in [-0.25, -0.2) is 0 Å². The molecule has 5 nitrogen and oxygen atoms in total. The van der Waals surface area contributed by atoms with Crippen LogP contribution >= 0.6 is 11.6 Å². The Bertz CT molecular complexity index is 1140. The van der Waals surface area contributed by atoms with Crippen molar-refractivity contribution in [3.05, 3.63) is 88.2 Å². The van der Waals surface area contributed by atoms with Gasteiger partial charge in [-0.1, -0.05) is 41.9 Å². The summed E-state index contributed by atoms with van der Waals surface area (Å²) in [6.45, 7) is 5.97. The third kappa shape index (κ3) is 3.57. The molecule has 0 saturated heterocycles. The van der Waals surface area contributed by atoms with Crippen LogP contribution in [0.4, 0.5) is 11.4 Å². The monoisotopic (exact) mass is 420 g/mol. The molecule has 2 aromatic carbocycles. The number of aryl methyl sites for hydroxylation is 3. The van der Waals surface area contributed by atoms with Gasteiger partial charge in [0.1, 0.15) is 0 Å². The second-order valence-corrected chi connectivity index (χ2v) is 8.02. The number of amides is 2. The maximum atomic E-state index is 13.6. The van der Waals surface area contributed by atoms with E-state index in [-0.39, 0.29) is 18.4 Å². The van der Waals surface area contributed by atoms with Crippen LogP contribution in [-0.4, -0.2) is 11.8 Å². The highest BCUT2D eigenvalue weighted by Crippen LogP contribution is 2.33. The first-order valence-electron chi connectivity index (χ1n) is 9.80. The summed E-state index contributed by atoms with van der Waals surface area (Å²) < 4.78 is 1.82. The second-order valence-electron chi connectivity index (χ2n) is 7.61. The minimum atomic E-state index is -0.815. The summed E-state index contributed by atoms with van der Waals surface area (Å²) >= 11 is 6.34. The standard InChI is InChI=1S/C24H22ClN3O2/c1-15-10-11-18(13-19(15)25)28-21(29)14-27-12-5-4-9-20(27)23(28)24(30)26-22-16(2)7-6-8-17(22)3/h4-13,23H,14H2,1-3H3/p+1. The lowest BCUT2D eigenvalue weighted by molar-refractivity contribution is -0.695. The molecule has 2 heterocycles. The molecule has 0 radical (unpaired) electrons. The average molecular weight is 421 g/mol. The van der Waals surface area contributed by atoms with Gasteiger partial charge in [0.25, 0.3) is 11.8 Å². The quantitative estimate of drug-likeness (QED) is 0.643. The molecule has 152 valence electrons. The van der Waals surface area contributed by atoms with Crippen LogP contribution in [0.5, 0.6) is 0 Å². The van der Waals surface area contributed by atoms with Crippen LogP contribution in [0.2, 0.25) is 5.02 Å². The highest BCUT2D eigenvalue weighted by atomic mass is 35.5. The number of carbonyl (C=O) groups is 2. The third-order valence-electron chi connectivity index (χ3n) is 5.50. The van der Waals surface area contributed by atoms with E-state index in [1.165, 1.54) is 0 Å². The first-order valence-corrected chi connectivity index (χ1v) is 10.2. The van der Waals surface area contributed by atoms with Crippen molar-refractivity contribution < 1.29 is 14.2 Å². The largest absolute Gasteiger partial charge is 0.323 e. The zero-order valence-corrected chi connectivity index (χ0v) is 17.9. The number of anilines is 2. The van der Waals surface area contributed by atoms with Gasteiger partial charge in [-0.15, -0.1) is 0 Å².